The average molecular weight is 251 g/mol. The summed E-state index contributed by atoms with van der Waals surface area (Å²) in [6.45, 7) is 3.19. The number of hydrogen-bond donors (Lipinski definition) is 1. The van der Waals surface area contributed by atoms with Crippen LogP contribution in [-0.2, 0) is 20.9 Å². The first kappa shape index (κ1) is 14.0. The van der Waals surface area contributed by atoms with Gasteiger partial charge in [0.2, 0.25) is 0 Å². The van der Waals surface area contributed by atoms with E-state index in [1.165, 1.54) is 13.8 Å². The van der Waals surface area contributed by atoms with E-state index in [2.05, 4.69) is 5.32 Å². The monoisotopic (exact) mass is 251 g/mol. The fourth-order valence-corrected chi connectivity index (χ4v) is 1.38. The summed E-state index contributed by atoms with van der Waals surface area (Å²) >= 11 is 0. The van der Waals surface area contributed by atoms with Gasteiger partial charge in [0.15, 0.2) is 6.10 Å². The molecule has 18 heavy (non-hydrogen) atoms. The summed E-state index contributed by atoms with van der Waals surface area (Å²) in [7, 11) is 1.59. The van der Waals surface area contributed by atoms with Crippen molar-refractivity contribution in [2.75, 3.05) is 7.11 Å². The molecule has 0 saturated carbocycles. The second-order valence-electron chi connectivity index (χ2n) is 3.82. The van der Waals surface area contributed by atoms with Crippen LogP contribution in [0, 0.1) is 0 Å². The van der Waals surface area contributed by atoms with Crippen LogP contribution in [0.3, 0.4) is 0 Å². The summed E-state index contributed by atoms with van der Waals surface area (Å²) in [4.78, 5) is 22.2. The van der Waals surface area contributed by atoms with E-state index < -0.39 is 12.1 Å². The topological polar surface area (TPSA) is 64.6 Å². The van der Waals surface area contributed by atoms with Crippen molar-refractivity contribution in [3.63, 3.8) is 0 Å². The molecule has 5 heteroatoms. The third-order valence-corrected chi connectivity index (χ3v) is 2.34. The highest BCUT2D eigenvalue weighted by atomic mass is 16.5. The van der Waals surface area contributed by atoms with Crippen LogP contribution >= 0.6 is 0 Å². The van der Waals surface area contributed by atoms with E-state index in [-0.39, 0.29) is 5.91 Å². The molecule has 0 aliphatic rings. The molecular formula is C13H17NO4. The lowest BCUT2D eigenvalue weighted by Gasteiger charge is -2.12. The number of hydrogen-bond acceptors (Lipinski definition) is 4. The van der Waals surface area contributed by atoms with Crippen LogP contribution in [0.15, 0.2) is 24.3 Å². The molecule has 0 spiro atoms. The van der Waals surface area contributed by atoms with Gasteiger partial charge in [-0.05, 0) is 24.6 Å². The van der Waals surface area contributed by atoms with Crippen molar-refractivity contribution >= 4 is 11.9 Å². The van der Waals surface area contributed by atoms with E-state index in [9.17, 15) is 9.59 Å². The van der Waals surface area contributed by atoms with Gasteiger partial charge < -0.3 is 14.8 Å². The molecule has 0 bridgehead atoms. The average Bonchev–Trinajstić information content (AvgIpc) is 2.35. The molecule has 0 aromatic heterocycles. The Kier molecular flexibility index (Phi) is 5.17. The summed E-state index contributed by atoms with van der Waals surface area (Å²) in [5.41, 5.74) is 0.944. The number of nitrogens with one attached hydrogen (secondary N) is 1. The second kappa shape index (κ2) is 6.64. The Labute approximate surface area is 106 Å². The van der Waals surface area contributed by atoms with Crippen LogP contribution in [0.25, 0.3) is 0 Å². The van der Waals surface area contributed by atoms with Gasteiger partial charge in [0.25, 0.3) is 5.91 Å². The zero-order chi connectivity index (χ0) is 13.5. The SMILES string of the molecule is COc1ccc(CNC(=O)[C@@H](C)OC(C)=O)cc1. The summed E-state index contributed by atoms with van der Waals surface area (Å²) < 4.78 is 9.80. The molecule has 1 amide bonds. The number of methoxy groups -OCH3 is 1. The van der Waals surface area contributed by atoms with Gasteiger partial charge in [0.1, 0.15) is 5.75 Å². The molecule has 0 radical (unpaired) electrons. The largest absolute Gasteiger partial charge is 0.497 e. The van der Waals surface area contributed by atoms with Crippen molar-refractivity contribution in [1.29, 1.82) is 0 Å². The zero-order valence-electron chi connectivity index (χ0n) is 10.7. The molecule has 5 nitrogen and oxygen atoms in total. The lowest BCUT2D eigenvalue weighted by atomic mass is 10.2. The molecule has 0 aliphatic carbocycles. The van der Waals surface area contributed by atoms with E-state index in [4.69, 9.17) is 9.47 Å². The normalized spacial score (nSPS) is 11.5. The predicted octanol–water partition coefficient (Wildman–Crippen LogP) is 1.26. The van der Waals surface area contributed by atoms with E-state index in [1.54, 1.807) is 7.11 Å². The summed E-state index contributed by atoms with van der Waals surface area (Å²) in [5.74, 6) is -0.0264. The Bertz CT molecular complexity index is 414. The van der Waals surface area contributed by atoms with Gasteiger partial charge in [0, 0.05) is 13.5 Å². The van der Waals surface area contributed by atoms with Gasteiger partial charge in [-0.15, -0.1) is 0 Å². The standard InChI is InChI=1S/C13H17NO4/c1-9(18-10(2)15)13(16)14-8-11-4-6-12(17-3)7-5-11/h4-7,9H,8H2,1-3H3,(H,14,16)/t9-/m1/s1. The first-order valence-electron chi connectivity index (χ1n) is 5.60. The van der Waals surface area contributed by atoms with Gasteiger partial charge in [-0.25, -0.2) is 0 Å². The van der Waals surface area contributed by atoms with Crippen LogP contribution in [0.2, 0.25) is 0 Å². The Morgan fingerprint density at radius 1 is 1.28 bits per heavy atom. The van der Waals surface area contributed by atoms with Crippen LogP contribution in [0.1, 0.15) is 19.4 Å². The van der Waals surface area contributed by atoms with E-state index >= 15 is 0 Å². The maximum absolute atomic E-state index is 11.6. The van der Waals surface area contributed by atoms with Crippen molar-refractivity contribution in [3.05, 3.63) is 29.8 Å². The van der Waals surface area contributed by atoms with Gasteiger partial charge in [-0.3, -0.25) is 9.59 Å². The highest BCUT2D eigenvalue weighted by molar-refractivity contribution is 5.82. The Balaban J connectivity index is 2.44. The van der Waals surface area contributed by atoms with E-state index in [0.29, 0.717) is 6.54 Å². The molecule has 1 N–H and O–H groups in total. The zero-order valence-corrected chi connectivity index (χ0v) is 10.7. The molecule has 0 heterocycles. The molecule has 1 aromatic carbocycles. The van der Waals surface area contributed by atoms with Gasteiger partial charge >= 0.3 is 5.97 Å². The molecule has 0 unspecified atom stereocenters. The van der Waals surface area contributed by atoms with Crippen molar-refractivity contribution in [1.82, 2.24) is 5.32 Å². The fourth-order valence-electron chi connectivity index (χ4n) is 1.38. The summed E-state index contributed by atoms with van der Waals surface area (Å²) in [6, 6.07) is 7.35. The van der Waals surface area contributed by atoms with E-state index in [0.717, 1.165) is 11.3 Å². The van der Waals surface area contributed by atoms with Crippen LogP contribution in [0.5, 0.6) is 5.75 Å². The number of amides is 1. The van der Waals surface area contributed by atoms with Gasteiger partial charge in [-0.2, -0.15) is 0 Å². The number of esters is 1. The minimum atomic E-state index is -0.777. The highest BCUT2D eigenvalue weighted by Crippen LogP contribution is 2.10. The molecular weight excluding hydrogens is 234 g/mol. The molecule has 98 valence electrons. The fraction of sp³-hybridized carbons (Fsp3) is 0.385. The molecule has 0 aliphatic heterocycles. The minimum Gasteiger partial charge on any atom is -0.497 e. The Hall–Kier alpha value is -2.04. The van der Waals surface area contributed by atoms with Crippen LogP contribution in [-0.4, -0.2) is 25.1 Å². The quantitative estimate of drug-likeness (QED) is 0.800. The number of rotatable bonds is 5. The molecule has 0 fully saturated rings. The predicted molar refractivity (Wildman–Crippen MR) is 66.1 cm³/mol. The number of carbonyl (C=O) groups excluding carboxylic acids is 2. The van der Waals surface area contributed by atoms with Gasteiger partial charge in [-0.1, -0.05) is 12.1 Å². The second-order valence-corrected chi connectivity index (χ2v) is 3.82. The summed E-state index contributed by atoms with van der Waals surface area (Å²) in [5, 5.41) is 2.68. The third-order valence-electron chi connectivity index (χ3n) is 2.34. The third kappa shape index (κ3) is 4.45. The molecule has 0 saturated heterocycles. The smallest absolute Gasteiger partial charge is 0.303 e. The first-order valence-corrected chi connectivity index (χ1v) is 5.60. The molecule has 1 rings (SSSR count). The van der Waals surface area contributed by atoms with Crippen molar-refractivity contribution in [3.8, 4) is 5.75 Å². The summed E-state index contributed by atoms with van der Waals surface area (Å²) in [6.07, 6.45) is -0.777. The Morgan fingerprint density at radius 2 is 1.89 bits per heavy atom. The maximum atomic E-state index is 11.6. The van der Waals surface area contributed by atoms with Crippen molar-refractivity contribution in [2.24, 2.45) is 0 Å². The van der Waals surface area contributed by atoms with Crippen LogP contribution in [0.4, 0.5) is 0 Å². The maximum Gasteiger partial charge on any atom is 0.303 e. The van der Waals surface area contributed by atoms with E-state index in [1.807, 2.05) is 24.3 Å². The van der Waals surface area contributed by atoms with Crippen molar-refractivity contribution < 1.29 is 19.1 Å². The highest BCUT2D eigenvalue weighted by Gasteiger charge is 2.14. The number of benzene rings is 1. The molecule has 1 atom stereocenters. The number of ether oxygens (including phenoxy) is 2. The minimum absolute atomic E-state index is 0.319. The van der Waals surface area contributed by atoms with Crippen LogP contribution < -0.4 is 10.1 Å². The lowest BCUT2D eigenvalue weighted by molar-refractivity contribution is -0.152. The van der Waals surface area contributed by atoms with Crippen molar-refractivity contribution in [2.45, 2.75) is 26.5 Å². The molecule has 1 aromatic rings. The van der Waals surface area contributed by atoms with Gasteiger partial charge in [0.05, 0.1) is 7.11 Å². The lowest BCUT2D eigenvalue weighted by Crippen LogP contribution is -2.34. The first-order chi connectivity index (χ1) is 8.52. The Morgan fingerprint density at radius 3 is 2.39 bits per heavy atom. The number of carbonyl (C=O) groups is 2.